The van der Waals surface area contributed by atoms with Gasteiger partial charge >= 0.3 is 0 Å². The predicted octanol–water partition coefficient (Wildman–Crippen LogP) is 2.26. The number of nitrogens with one attached hydrogen (secondary N) is 3. The molecule has 0 unspecified atom stereocenters. The average molecular weight is 352 g/mol. The number of fused-ring (bicyclic) bond motifs is 1. The van der Waals surface area contributed by atoms with Gasteiger partial charge in [-0.05, 0) is 24.3 Å². The number of ether oxygens (including phenoxy) is 1. The highest BCUT2D eigenvalue weighted by molar-refractivity contribution is 5.91. The Hall–Kier alpha value is -3.35. The fourth-order valence-corrected chi connectivity index (χ4v) is 2.46. The standard InChI is InChI=1S/C19H20N4O3/c1-20-19(25)12-26-14-6-4-5-13(11-14)21-18(24)10-9-17-22-15-7-2-3-8-16(15)23-17/h2-8,11H,9-10,12H2,1H3,(H,20,25)(H,21,24)(H,22,23). The summed E-state index contributed by atoms with van der Waals surface area (Å²) in [5.41, 5.74) is 2.47. The number of carbonyl (C=O) groups is 2. The number of aryl methyl sites for hydroxylation is 1. The Labute approximate surface area is 150 Å². The third-order valence-corrected chi connectivity index (χ3v) is 3.79. The van der Waals surface area contributed by atoms with Crippen LogP contribution in [0.3, 0.4) is 0 Å². The Morgan fingerprint density at radius 2 is 1.96 bits per heavy atom. The van der Waals surface area contributed by atoms with Crippen molar-refractivity contribution < 1.29 is 14.3 Å². The van der Waals surface area contributed by atoms with Crippen molar-refractivity contribution in [3.63, 3.8) is 0 Å². The van der Waals surface area contributed by atoms with Crippen LogP contribution in [0.15, 0.2) is 48.5 Å². The van der Waals surface area contributed by atoms with Gasteiger partial charge in [-0.3, -0.25) is 9.59 Å². The van der Waals surface area contributed by atoms with E-state index < -0.39 is 0 Å². The molecule has 0 aliphatic rings. The molecule has 0 atom stereocenters. The first-order chi connectivity index (χ1) is 12.6. The van der Waals surface area contributed by atoms with Crippen molar-refractivity contribution in [3.05, 3.63) is 54.4 Å². The highest BCUT2D eigenvalue weighted by atomic mass is 16.5. The zero-order chi connectivity index (χ0) is 18.4. The maximum absolute atomic E-state index is 12.2. The van der Waals surface area contributed by atoms with Crippen LogP contribution in [0.2, 0.25) is 0 Å². The van der Waals surface area contributed by atoms with Gasteiger partial charge in [-0.15, -0.1) is 0 Å². The van der Waals surface area contributed by atoms with Crippen LogP contribution in [0, 0.1) is 0 Å². The molecule has 1 aromatic heterocycles. The minimum absolute atomic E-state index is 0.0695. The van der Waals surface area contributed by atoms with Crippen molar-refractivity contribution in [2.75, 3.05) is 19.0 Å². The first-order valence-electron chi connectivity index (χ1n) is 8.31. The lowest BCUT2D eigenvalue weighted by atomic mass is 10.2. The van der Waals surface area contributed by atoms with Crippen LogP contribution in [-0.4, -0.2) is 35.4 Å². The van der Waals surface area contributed by atoms with E-state index in [9.17, 15) is 9.59 Å². The quantitative estimate of drug-likeness (QED) is 0.608. The van der Waals surface area contributed by atoms with Crippen LogP contribution in [0.5, 0.6) is 5.75 Å². The van der Waals surface area contributed by atoms with E-state index >= 15 is 0 Å². The number of amides is 2. The molecule has 134 valence electrons. The van der Waals surface area contributed by atoms with E-state index in [1.807, 2.05) is 24.3 Å². The van der Waals surface area contributed by atoms with E-state index in [2.05, 4.69) is 20.6 Å². The van der Waals surface area contributed by atoms with Crippen LogP contribution in [-0.2, 0) is 16.0 Å². The highest BCUT2D eigenvalue weighted by Gasteiger charge is 2.08. The average Bonchev–Trinajstić information content (AvgIpc) is 3.08. The summed E-state index contributed by atoms with van der Waals surface area (Å²) in [6.45, 7) is -0.0695. The van der Waals surface area contributed by atoms with E-state index in [1.54, 1.807) is 31.3 Å². The number of nitrogens with zero attached hydrogens (tertiary/aromatic N) is 1. The van der Waals surface area contributed by atoms with Crippen molar-refractivity contribution >= 4 is 28.5 Å². The molecule has 2 aromatic carbocycles. The zero-order valence-electron chi connectivity index (χ0n) is 14.4. The minimum atomic E-state index is -0.217. The summed E-state index contributed by atoms with van der Waals surface area (Å²) in [4.78, 5) is 31.1. The molecule has 0 spiro atoms. The van der Waals surface area contributed by atoms with Gasteiger partial charge < -0.3 is 20.4 Å². The monoisotopic (exact) mass is 352 g/mol. The van der Waals surface area contributed by atoms with E-state index in [0.717, 1.165) is 16.9 Å². The van der Waals surface area contributed by atoms with Crippen LogP contribution in [0.1, 0.15) is 12.2 Å². The van der Waals surface area contributed by atoms with Gasteiger partial charge in [-0.1, -0.05) is 18.2 Å². The number of likely N-dealkylation sites (N-methyl/N-ethyl adjacent to an activating group) is 1. The van der Waals surface area contributed by atoms with Crippen molar-refractivity contribution in [2.24, 2.45) is 0 Å². The Morgan fingerprint density at radius 1 is 1.12 bits per heavy atom. The highest BCUT2D eigenvalue weighted by Crippen LogP contribution is 2.18. The van der Waals surface area contributed by atoms with Crippen molar-refractivity contribution in [1.82, 2.24) is 15.3 Å². The second-order valence-corrected chi connectivity index (χ2v) is 5.74. The Morgan fingerprint density at radius 3 is 2.77 bits per heavy atom. The smallest absolute Gasteiger partial charge is 0.257 e. The van der Waals surface area contributed by atoms with Crippen molar-refractivity contribution in [2.45, 2.75) is 12.8 Å². The molecule has 0 fully saturated rings. The Bertz CT molecular complexity index is 887. The molecular formula is C19H20N4O3. The van der Waals surface area contributed by atoms with E-state index in [0.29, 0.717) is 24.3 Å². The summed E-state index contributed by atoms with van der Waals surface area (Å²) in [7, 11) is 1.55. The number of para-hydroxylation sites is 2. The van der Waals surface area contributed by atoms with Gasteiger partial charge in [0.05, 0.1) is 11.0 Å². The Kier molecular flexibility index (Phi) is 5.48. The van der Waals surface area contributed by atoms with E-state index in [4.69, 9.17) is 4.74 Å². The lowest BCUT2D eigenvalue weighted by Gasteiger charge is -2.08. The number of aromatic nitrogens is 2. The summed E-state index contributed by atoms with van der Waals surface area (Å²) in [5.74, 6) is 0.965. The van der Waals surface area contributed by atoms with Crippen molar-refractivity contribution in [3.8, 4) is 5.75 Å². The molecular weight excluding hydrogens is 332 g/mol. The second kappa shape index (κ2) is 8.15. The second-order valence-electron chi connectivity index (χ2n) is 5.74. The summed E-state index contributed by atoms with van der Waals surface area (Å²) in [6, 6.07) is 14.7. The number of imidazole rings is 1. The van der Waals surface area contributed by atoms with Crippen LogP contribution in [0.25, 0.3) is 11.0 Å². The number of anilines is 1. The summed E-state index contributed by atoms with van der Waals surface area (Å²) in [6.07, 6.45) is 0.830. The van der Waals surface area contributed by atoms with Crippen LogP contribution < -0.4 is 15.4 Å². The lowest BCUT2D eigenvalue weighted by molar-refractivity contribution is -0.122. The lowest BCUT2D eigenvalue weighted by Crippen LogP contribution is -2.24. The largest absolute Gasteiger partial charge is 0.484 e. The van der Waals surface area contributed by atoms with Crippen molar-refractivity contribution in [1.29, 1.82) is 0 Å². The number of rotatable bonds is 7. The first kappa shape index (κ1) is 17.5. The zero-order valence-corrected chi connectivity index (χ0v) is 14.4. The maximum Gasteiger partial charge on any atom is 0.257 e. The fraction of sp³-hybridized carbons (Fsp3) is 0.211. The van der Waals surface area contributed by atoms with Gasteiger partial charge in [0.1, 0.15) is 11.6 Å². The van der Waals surface area contributed by atoms with Gasteiger partial charge in [0.2, 0.25) is 5.91 Å². The third kappa shape index (κ3) is 4.60. The number of hydrogen-bond acceptors (Lipinski definition) is 4. The van der Waals surface area contributed by atoms with Crippen LogP contribution in [0.4, 0.5) is 5.69 Å². The third-order valence-electron chi connectivity index (χ3n) is 3.79. The summed E-state index contributed by atoms with van der Waals surface area (Å²) >= 11 is 0. The topological polar surface area (TPSA) is 96.1 Å². The molecule has 0 aliphatic carbocycles. The number of H-pyrrole nitrogens is 1. The molecule has 0 aliphatic heterocycles. The summed E-state index contributed by atoms with van der Waals surface area (Å²) in [5, 5.41) is 5.31. The molecule has 7 heteroatoms. The van der Waals surface area contributed by atoms with Crippen LogP contribution >= 0.6 is 0 Å². The summed E-state index contributed by atoms with van der Waals surface area (Å²) < 4.78 is 5.37. The van der Waals surface area contributed by atoms with Gasteiger partial charge in [-0.25, -0.2) is 4.98 Å². The molecule has 26 heavy (non-hydrogen) atoms. The Balaban J connectivity index is 1.53. The van der Waals surface area contributed by atoms with Gasteiger partial charge in [0, 0.05) is 31.6 Å². The number of aromatic amines is 1. The fourth-order valence-electron chi connectivity index (χ4n) is 2.46. The van der Waals surface area contributed by atoms with Gasteiger partial charge in [0.15, 0.2) is 6.61 Å². The number of hydrogen-bond donors (Lipinski definition) is 3. The molecule has 0 bridgehead atoms. The molecule has 3 rings (SSSR count). The minimum Gasteiger partial charge on any atom is -0.484 e. The normalized spacial score (nSPS) is 10.5. The molecule has 2 amide bonds. The molecule has 1 heterocycles. The molecule has 0 radical (unpaired) electrons. The molecule has 3 aromatic rings. The number of benzene rings is 2. The SMILES string of the molecule is CNC(=O)COc1cccc(NC(=O)CCc2nc3ccccc3[nH]2)c1. The molecule has 3 N–H and O–H groups in total. The molecule has 7 nitrogen and oxygen atoms in total. The number of carbonyl (C=O) groups excluding carboxylic acids is 2. The van der Waals surface area contributed by atoms with Gasteiger partial charge in [-0.2, -0.15) is 0 Å². The maximum atomic E-state index is 12.2. The predicted molar refractivity (Wildman–Crippen MR) is 99.0 cm³/mol. The first-order valence-corrected chi connectivity index (χ1v) is 8.31. The molecule has 0 saturated heterocycles. The molecule has 0 saturated carbocycles. The van der Waals surface area contributed by atoms with Gasteiger partial charge in [0.25, 0.3) is 5.91 Å². The van der Waals surface area contributed by atoms with E-state index in [1.165, 1.54) is 0 Å². The van der Waals surface area contributed by atoms with E-state index in [-0.39, 0.29) is 18.4 Å².